The van der Waals surface area contributed by atoms with Crippen LogP contribution in [-0.2, 0) is 6.61 Å². The molecule has 92 valence electrons. The number of hydrogen-bond acceptors (Lipinski definition) is 3. The van der Waals surface area contributed by atoms with Crippen molar-refractivity contribution in [3.63, 3.8) is 0 Å². The molecule has 5 heteroatoms. The zero-order valence-electron chi connectivity index (χ0n) is 9.58. The van der Waals surface area contributed by atoms with E-state index in [9.17, 15) is 0 Å². The van der Waals surface area contributed by atoms with Crippen molar-refractivity contribution in [3.8, 4) is 5.75 Å². The highest BCUT2D eigenvalue weighted by Gasteiger charge is 2.15. The summed E-state index contributed by atoms with van der Waals surface area (Å²) in [5.41, 5.74) is 1.32. The highest BCUT2D eigenvalue weighted by Crippen LogP contribution is 2.17. The van der Waals surface area contributed by atoms with E-state index < -0.39 is 7.12 Å². The molecule has 0 bridgehead atoms. The first-order valence-corrected chi connectivity index (χ1v) is 5.87. The zero-order valence-corrected chi connectivity index (χ0v) is 10.3. The summed E-state index contributed by atoms with van der Waals surface area (Å²) in [6.07, 6.45) is 0. The molecule has 2 aromatic carbocycles. The normalized spacial score (nSPS) is 10.2. The lowest BCUT2D eigenvalue weighted by Crippen LogP contribution is -2.30. The first kappa shape index (κ1) is 13.0. The molecule has 0 aromatic heterocycles. The van der Waals surface area contributed by atoms with Crippen molar-refractivity contribution in [2.75, 3.05) is 0 Å². The molecule has 0 radical (unpaired) electrons. The fourth-order valence-corrected chi connectivity index (χ4v) is 1.82. The summed E-state index contributed by atoms with van der Waals surface area (Å²) < 4.78 is 5.56. The Labute approximate surface area is 111 Å². The van der Waals surface area contributed by atoms with Crippen LogP contribution in [-0.4, -0.2) is 17.2 Å². The summed E-state index contributed by atoms with van der Waals surface area (Å²) in [5, 5.41) is 18.3. The van der Waals surface area contributed by atoms with Crippen molar-refractivity contribution < 1.29 is 14.8 Å². The molecule has 0 unspecified atom stereocenters. The maximum Gasteiger partial charge on any atom is 0.489 e. The fraction of sp³-hybridized carbons (Fsp3) is 0.0769. The largest absolute Gasteiger partial charge is 0.489 e. The lowest BCUT2D eigenvalue weighted by Gasteiger charge is -2.08. The molecule has 18 heavy (non-hydrogen) atoms. The van der Waals surface area contributed by atoms with Crippen molar-refractivity contribution in [1.82, 2.24) is 0 Å². The zero-order chi connectivity index (χ0) is 13.0. The molecule has 0 atom stereocenters. The van der Waals surface area contributed by atoms with Crippen molar-refractivity contribution >= 4 is 24.2 Å². The highest BCUT2D eigenvalue weighted by molar-refractivity contribution is 6.62. The number of halogens is 1. The van der Waals surface area contributed by atoms with Gasteiger partial charge < -0.3 is 14.8 Å². The van der Waals surface area contributed by atoms with Crippen LogP contribution in [0.15, 0.2) is 48.5 Å². The van der Waals surface area contributed by atoms with E-state index in [0.29, 0.717) is 12.4 Å². The number of ether oxygens (including phenoxy) is 1. The van der Waals surface area contributed by atoms with Gasteiger partial charge in [-0.15, -0.1) is 0 Å². The molecule has 0 aliphatic heterocycles. The number of hydrogen-bond donors (Lipinski definition) is 2. The first-order chi connectivity index (χ1) is 8.66. The van der Waals surface area contributed by atoms with Gasteiger partial charge in [0, 0.05) is 10.5 Å². The van der Waals surface area contributed by atoms with Gasteiger partial charge in [0.05, 0.1) is 0 Å². The molecule has 0 heterocycles. The summed E-state index contributed by atoms with van der Waals surface area (Å²) in [7, 11) is -1.57. The Bertz CT molecular complexity index is 517. The van der Waals surface area contributed by atoms with Crippen LogP contribution in [0.2, 0.25) is 5.02 Å². The van der Waals surface area contributed by atoms with E-state index in [-0.39, 0.29) is 10.5 Å². The topological polar surface area (TPSA) is 49.7 Å². The summed E-state index contributed by atoms with van der Waals surface area (Å²) in [4.78, 5) is 0. The molecule has 0 amide bonds. The minimum Gasteiger partial charge on any atom is -0.489 e. The van der Waals surface area contributed by atoms with Crippen LogP contribution >= 0.6 is 11.6 Å². The predicted octanol–water partition coefficient (Wildman–Crippen LogP) is 1.60. The van der Waals surface area contributed by atoms with Gasteiger partial charge in [-0.05, 0) is 17.7 Å². The Morgan fingerprint density at radius 1 is 1.06 bits per heavy atom. The monoisotopic (exact) mass is 262 g/mol. The maximum absolute atomic E-state index is 9.03. The first-order valence-electron chi connectivity index (χ1n) is 5.49. The van der Waals surface area contributed by atoms with Crippen molar-refractivity contribution in [2.24, 2.45) is 0 Å². The highest BCUT2D eigenvalue weighted by atomic mass is 35.5. The second kappa shape index (κ2) is 5.91. The SMILES string of the molecule is OB(O)c1ccc(OCc2ccccc2)cc1Cl. The fourth-order valence-electron chi connectivity index (χ4n) is 1.55. The lowest BCUT2D eigenvalue weighted by molar-refractivity contribution is 0.306. The second-order valence-corrected chi connectivity index (χ2v) is 4.24. The molecule has 2 rings (SSSR count). The summed E-state index contributed by atoms with van der Waals surface area (Å²) in [6.45, 7) is 0.443. The van der Waals surface area contributed by atoms with Crippen LogP contribution in [0.4, 0.5) is 0 Å². The third-order valence-electron chi connectivity index (χ3n) is 2.50. The van der Waals surface area contributed by atoms with Gasteiger partial charge in [0.1, 0.15) is 12.4 Å². The van der Waals surface area contributed by atoms with Crippen molar-refractivity contribution in [3.05, 3.63) is 59.1 Å². The molecule has 2 aromatic rings. The standard InChI is InChI=1S/C13H12BClO3/c15-13-8-11(6-7-12(13)14(16)17)18-9-10-4-2-1-3-5-10/h1-8,16-17H,9H2. The van der Waals surface area contributed by atoms with Gasteiger partial charge in [-0.2, -0.15) is 0 Å². The van der Waals surface area contributed by atoms with Gasteiger partial charge in [0.15, 0.2) is 0 Å². The van der Waals surface area contributed by atoms with E-state index in [2.05, 4.69) is 0 Å². The maximum atomic E-state index is 9.03. The van der Waals surface area contributed by atoms with Crippen molar-refractivity contribution in [1.29, 1.82) is 0 Å². The van der Waals surface area contributed by atoms with Crippen LogP contribution in [0.1, 0.15) is 5.56 Å². The average Bonchev–Trinajstić information content (AvgIpc) is 2.37. The molecule has 0 fully saturated rings. The number of rotatable bonds is 4. The van der Waals surface area contributed by atoms with Crippen LogP contribution in [0.5, 0.6) is 5.75 Å². The summed E-state index contributed by atoms with van der Waals surface area (Å²) in [5.74, 6) is 0.591. The minimum absolute atomic E-state index is 0.267. The van der Waals surface area contributed by atoms with Gasteiger partial charge in [-0.3, -0.25) is 0 Å². The molecule has 2 N–H and O–H groups in total. The van der Waals surface area contributed by atoms with E-state index in [1.807, 2.05) is 30.3 Å². The Kier molecular flexibility index (Phi) is 4.26. The van der Waals surface area contributed by atoms with Crippen LogP contribution in [0, 0.1) is 0 Å². The van der Waals surface area contributed by atoms with Crippen molar-refractivity contribution in [2.45, 2.75) is 6.61 Å². The van der Waals surface area contributed by atoms with Crippen LogP contribution in [0.3, 0.4) is 0 Å². The van der Waals surface area contributed by atoms with Gasteiger partial charge in [-0.1, -0.05) is 48.0 Å². The van der Waals surface area contributed by atoms with Gasteiger partial charge in [0.2, 0.25) is 0 Å². The predicted molar refractivity (Wildman–Crippen MR) is 72.1 cm³/mol. The average molecular weight is 263 g/mol. The van der Waals surface area contributed by atoms with E-state index in [4.69, 9.17) is 26.4 Å². The van der Waals surface area contributed by atoms with Crippen LogP contribution in [0.25, 0.3) is 0 Å². The molecule has 3 nitrogen and oxygen atoms in total. The van der Waals surface area contributed by atoms with E-state index in [1.165, 1.54) is 6.07 Å². The molecule has 0 aliphatic rings. The summed E-state index contributed by atoms with van der Waals surface area (Å²) in [6, 6.07) is 14.5. The molecule has 0 saturated heterocycles. The Balaban J connectivity index is 2.05. The minimum atomic E-state index is -1.57. The lowest BCUT2D eigenvalue weighted by atomic mass is 9.80. The van der Waals surface area contributed by atoms with Gasteiger partial charge in [-0.25, -0.2) is 0 Å². The molecule has 0 spiro atoms. The molecule has 0 aliphatic carbocycles. The molecular formula is C13H12BClO3. The van der Waals surface area contributed by atoms with E-state index in [0.717, 1.165) is 5.56 Å². The third kappa shape index (κ3) is 3.26. The molecule has 0 saturated carbocycles. The second-order valence-electron chi connectivity index (χ2n) is 3.83. The van der Waals surface area contributed by atoms with E-state index >= 15 is 0 Å². The molecular weight excluding hydrogens is 250 g/mol. The quantitative estimate of drug-likeness (QED) is 0.823. The van der Waals surface area contributed by atoms with Gasteiger partial charge >= 0.3 is 7.12 Å². The van der Waals surface area contributed by atoms with Gasteiger partial charge in [0.25, 0.3) is 0 Å². The number of benzene rings is 2. The Morgan fingerprint density at radius 2 is 1.78 bits per heavy atom. The third-order valence-corrected chi connectivity index (χ3v) is 2.83. The Morgan fingerprint density at radius 3 is 2.39 bits per heavy atom. The Hall–Kier alpha value is -1.49. The van der Waals surface area contributed by atoms with Crippen LogP contribution < -0.4 is 10.2 Å². The van der Waals surface area contributed by atoms with E-state index in [1.54, 1.807) is 12.1 Å². The summed E-state index contributed by atoms with van der Waals surface area (Å²) >= 11 is 5.91. The smallest absolute Gasteiger partial charge is 0.489 e.